The molecular formula is C18H33N5S. The second-order valence-electron chi connectivity index (χ2n) is 7.01. The summed E-state index contributed by atoms with van der Waals surface area (Å²) in [6.45, 7) is 15.0. The molecule has 1 aliphatic rings. The molecule has 1 aromatic rings. The van der Waals surface area contributed by atoms with Crippen LogP contribution < -0.4 is 10.6 Å². The Hall–Kier alpha value is -1.14. The van der Waals surface area contributed by atoms with Crippen LogP contribution in [0.5, 0.6) is 0 Å². The molecule has 0 saturated carbocycles. The van der Waals surface area contributed by atoms with Gasteiger partial charge in [-0.2, -0.15) is 0 Å². The van der Waals surface area contributed by atoms with Crippen LogP contribution >= 0.6 is 11.3 Å². The molecule has 0 spiro atoms. The van der Waals surface area contributed by atoms with Gasteiger partial charge in [0.2, 0.25) is 0 Å². The minimum Gasteiger partial charge on any atom is -0.357 e. The predicted molar refractivity (Wildman–Crippen MR) is 104 cm³/mol. The maximum absolute atomic E-state index is 4.73. The van der Waals surface area contributed by atoms with E-state index in [9.17, 15) is 0 Å². The van der Waals surface area contributed by atoms with Crippen LogP contribution in [0.3, 0.4) is 0 Å². The standard InChI is InChI=1S/C18H33N5S/c1-5-19-18(20-7-6-17-22-11-16(4)24-17)21-8-9-23-12-14(2)10-15(3)13-23/h11,14-15H,5-10,12-13H2,1-4H3,(H2,19,20,21). The fourth-order valence-electron chi connectivity index (χ4n) is 3.42. The third-order valence-corrected chi connectivity index (χ3v) is 5.25. The molecule has 0 aliphatic carbocycles. The van der Waals surface area contributed by atoms with Gasteiger partial charge in [-0.25, -0.2) is 4.98 Å². The molecule has 0 aromatic carbocycles. The van der Waals surface area contributed by atoms with E-state index in [0.29, 0.717) is 0 Å². The lowest BCUT2D eigenvalue weighted by Gasteiger charge is -2.34. The first kappa shape index (κ1) is 19.2. The molecule has 24 heavy (non-hydrogen) atoms. The fraction of sp³-hybridized carbons (Fsp3) is 0.778. The van der Waals surface area contributed by atoms with E-state index >= 15 is 0 Å². The molecular weight excluding hydrogens is 318 g/mol. The number of aliphatic imine (C=N–C) groups is 1. The molecule has 2 N–H and O–H groups in total. The Balaban J connectivity index is 1.73. The Kier molecular flexibility index (Phi) is 7.99. The Morgan fingerprint density at radius 2 is 2.08 bits per heavy atom. The van der Waals surface area contributed by atoms with Gasteiger partial charge < -0.3 is 15.5 Å². The second-order valence-corrected chi connectivity index (χ2v) is 8.33. The SMILES string of the molecule is CCNC(=NCCN1CC(C)CC(C)C1)NCCc1ncc(C)s1. The molecule has 5 nitrogen and oxygen atoms in total. The van der Waals surface area contributed by atoms with E-state index in [2.05, 4.69) is 48.2 Å². The number of nitrogens with zero attached hydrogens (tertiary/aromatic N) is 3. The summed E-state index contributed by atoms with van der Waals surface area (Å²) >= 11 is 1.77. The van der Waals surface area contributed by atoms with Crippen LogP contribution in [0.4, 0.5) is 0 Å². The third kappa shape index (κ3) is 6.77. The number of thiazole rings is 1. The zero-order chi connectivity index (χ0) is 17.4. The summed E-state index contributed by atoms with van der Waals surface area (Å²) in [5.41, 5.74) is 0. The molecule has 0 amide bonds. The lowest BCUT2D eigenvalue weighted by Crippen LogP contribution is -2.41. The molecule has 2 heterocycles. The van der Waals surface area contributed by atoms with Gasteiger partial charge in [-0.15, -0.1) is 11.3 Å². The van der Waals surface area contributed by atoms with Crippen molar-refractivity contribution in [2.75, 3.05) is 39.3 Å². The summed E-state index contributed by atoms with van der Waals surface area (Å²) in [5, 5.41) is 7.94. The van der Waals surface area contributed by atoms with Crippen molar-refractivity contribution in [3.8, 4) is 0 Å². The number of hydrogen-bond acceptors (Lipinski definition) is 4. The number of piperidine rings is 1. The molecule has 136 valence electrons. The van der Waals surface area contributed by atoms with E-state index < -0.39 is 0 Å². The van der Waals surface area contributed by atoms with Crippen LogP contribution in [-0.4, -0.2) is 55.1 Å². The summed E-state index contributed by atoms with van der Waals surface area (Å²) in [6, 6.07) is 0. The molecule has 1 aromatic heterocycles. The van der Waals surface area contributed by atoms with E-state index in [1.165, 1.54) is 29.4 Å². The van der Waals surface area contributed by atoms with E-state index in [0.717, 1.165) is 50.4 Å². The van der Waals surface area contributed by atoms with Crippen molar-refractivity contribution in [3.05, 3.63) is 16.1 Å². The van der Waals surface area contributed by atoms with Crippen LogP contribution in [0.15, 0.2) is 11.2 Å². The van der Waals surface area contributed by atoms with E-state index in [4.69, 9.17) is 4.99 Å². The average molecular weight is 352 g/mol. The van der Waals surface area contributed by atoms with Crippen molar-refractivity contribution < 1.29 is 0 Å². The van der Waals surface area contributed by atoms with Gasteiger partial charge in [-0.05, 0) is 32.1 Å². The first-order valence-electron chi connectivity index (χ1n) is 9.22. The van der Waals surface area contributed by atoms with Crippen molar-refractivity contribution >= 4 is 17.3 Å². The highest BCUT2D eigenvalue weighted by Gasteiger charge is 2.20. The molecule has 2 unspecified atom stereocenters. The van der Waals surface area contributed by atoms with Crippen LogP contribution in [-0.2, 0) is 6.42 Å². The highest BCUT2D eigenvalue weighted by molar-refractivity contribution is 7.11. The number of nitrogens with one attached hydrogen (secondary N) is 2. The van der Waals surface area contributed by atoms with E-state index in [1.807, 2.05) is 6.20 Å². The number of aryl methyl sites for hydroxylation is 1. The third-order valence-electron chi connectivity index (χ3n) is 4.28. The van der Waals surface area contributed by atoms with Crippen molar-refractivity contribution in [2.45, 2.75) is 40.5 Å². The van der Waals surface area contributed by atoms with Crippen molar-refractivity contribution in [2.24, 2.45) is 16.8 Å². The fourth-order valence-corrected chi connectivity index (χ4v) is 4.21. The van der Waals surface area contributed by atoms with Gasteiger partial charge in [0, 0.05) is 50.2 Å². The first-order chi connectivity index (χ1) is 11.6. The van der Waals surface area contributed by atoms with Gasteiger partial charge in [-0.1, -0.05) is 13.8 Å². The van der Waals surface area contributed by atoms with Crippen molar-refractivity contribution in [3.63, 3.8) is 0 Å². The Morgan fingerprint density at radius 3 is 2.71 bits per heavy atom. The molecule has 1 saturated heterocycles. The van der Waals surface area contributed by atoms with Crippen molar-refractivity contribution in [1.82, 2.24) is 20.5 Å². The molecule has 2 atom stereocenters. The molecule has 1 fully saturated rings. The zero-order valence-electron chi connectivity index (χ0n) is 15.6. The summed E-state index contributed by atoms with van der Waals surface area (Å²) in [7, 11) is 0. The van der Waals surface area contributed by atoms with Crippen LogP contribution in [0.25, 0.3) is 0 Å². The van der Waals surface area contributed by atoms with Gasteiger partial charge in [0.05, 0.1) is 11.6 Å². The topological polar surface area (TPSA) is 52.6 Å². The van der Waals surface area contributed by atoms with E-state index in [1.54, 1.807) is 11.3 Å². The summed E-state index contributed by atoms with van der Waals surface area (Å²) < 4.78 is 0. The maximum Gasteiger partial charge on any atom is 0.191 e. The van der Waals surface area contributed by atoms with Crippen LogP contribution in [0.2, 0.25) is 0 Å². The van der Waals surface area contributed by atoms with Gasteiger partial charge >= 0.3 is 0 Å². The van der Waals surface area contributed by atoms with Gasteiger partial charge in [0.15, 0.2) is 5.96 Å². The van der Waals surface area contributed by atoms with Gasteiger partial charge in [0.25, 0.3) is 0 Å². The smallest absolute Gasteiger partial charge is 0.191 e. The number of aromatic nitrogens is 1. The van der Waals surface area contributed by atoms with Crippen LogP contribution in [0, 0.1) is 18.8 Å². The molecule has 0 bridgehead atoms. The largest absolute Gasteiger partial charge is 0.357 e. The van der Waals surface area contributed by atoms with E-state index in [-0.39, 0.29) is 0 Å². The second kappa shape index (κ2) is 9.99. The summed E-state index contributed by atoms with van der Waals surface area (Å²) in [6.07, 6.45) is 4.25. The van der Waals surface area contributed by atoms with Crippen molar-refractivity contribution in [1.29, 1.82) is 0 Å². The lowest BCUT2D eigenvalue weighted by molar-refractivity contribution is 0.145. The minimum absolute atomic E-state index is 0.811. The number of likely N-dealkylation sites (tertiary alicyclic amines) is 1. The lowest BCUT2D eigenvalue weighted by atomic mass is 9.92. The highest BCUT2D eigenvalue weighted by Crippen LogP contribution is 2.20. The average Bonchev–Trinajstić information content (AvgIpc) is 2.92. The molecule has 0 radical (unpaired) electrons. The normalized spacial score (nSPS) is 22.6. The minimum atomic E-state index is 0.811. The quantitative estimate of drug-likeness (QED) is 0.585. The molecule has 2 rings (SSSR count). The Morgan fingerprint density at radius 1 is 1.33 bits per heavy atom. The highest BCUT2D eigenvalue weighted by atomic mass is 32.1. The summed E-state index contributed by atoms with van der Waals surface area (Å²) in [4.78, 5) is 13.0. The Bertz CT molecular complexity index is 503. The van der Waals surface area contributed by atoms with Crippen LogP contribution in [0.1, 0.15) is 37.1 Å². The maximum atomic E-state index is 4.73. The monoisotopic (exact) mass is 351 g/mol. The number of guanidine groups is 1. The first-order valence-corrected chi connectivity index (χ1v) is 10.0. The predicted octanol–water partition coefficient (Wildman–Crippen LogP) is 2.53. The summed E-state index contributed by atoms with van der Waals surface area (Å²) in [5.74, 6) is 2.54. The van der Waals surface area contributed by atoms with Gasteiger partial charge in [-0.3, -0.25) is 4.99 Å². The number of hydrogen-bond donors (Lipinski definition) is 2. The van der Waals surface area contributed by atoms with Gasteiger partial charge in [0.1, 0.15) is 0 Å². The Labute approximate surface area is 151 Å². The molecule has 1 aliphatic heterocycles. The zero-order valence-corrected chi connectivity index (χ0v) is 16.5. The molecule has 6 heteroatoms. The number of rotatable bonds is 7.